The molecule has 0 saturated carbocycles. The molecule has 0 fully saturated rings. The third-order valence-corrected chi connectivity index (χ3v) is 2.81. The lowest BCUT2D eigenvalue weighted by atomic mass is 10.1. The number of nitrogens with zero attached hydrogens (tertiary/aromatic N) is 2. The first-order chi connectivity index (χ1) is 10.9. The van der Waals surface area contributed by atoms with Crippen LogP contribution in [-0.2, 0) is 9.59 Å². The van der Waals surface area contributed by atoms with Crippen molar-refractivity contribution in [3.63, 3.8) is 0 Å². The number of amides is 2. The molecule has 1 rings (SSSR count). The standard InChI is InChI=1S/C16H19N3O4/c1-4-22-14-8-11(7-12(9-17)16(18)21)5-6-13(14)23-10-15(20)19(2)3/h5-8H,4,10H2,1-3H3,(H2,18,21)/b12-7+. The molecular weight excluding hydrogens is 298 g/mol. The van der Waals surface area contributed by atoms with Crippen LogP contribution in [0.5, 0.6) is 11.5 Å². The van der Waals surface area contributed by atoms with Gasteiger partial charge in [0.25, 0.3) is 11.8 Å². The average Bonchev–Trinajstić information content (AvgIpc) is 2.51. The van der Waals surface area contributed by atoms with E-state index in [1.165, 1.54) is 11.0 Å². The van der Waals surface area contributed by atoms with E-state index in [1.807, 2.05) is 0 Å². The zero-order valence-corrected chi connectivity index (χ0v) is 13.3. The first-order valence-corrected chi connectivity index (χ1v) is 6.90. The molecule has 0 aliphatic carbocycles. The maximum Gasteiger partial charge on any atom is 0.259 e. The van der Waals surface area contributed by atoms with Crippen LogP contribution >= 0.6 is 0 Å². The summed E-state index contributed by atoms with van der Waals surface area (Å²) in [5.74, 6) is -0.175. The van der Waals surface area contributed by atoms with Gasteiger partial charge >= 0.3 is 0 Å². The van der Waals surface area contributed by atoms with Crippen LogP contribution in [0.4, 0.5) is 0 Å². The van der Waals surface area contributed by atoms with E-state index in [-0.39, 0.29) is 18.1 Å². The van der Waals surface area contributed by atoms with Gasteiger partial charge < -0.3 is 20.1 Å². The minimum atomic E-state index is -0.803. The molecule has 0 radical (unpaired) electrons. The summed E-state index contributed by atoms with van der Waals surface area (Å²) in [4.78, 5) is 24.1. The Balaban J connectivity index is 3.05. The summed E-state index contributed by atoms with van der Waals surface area (Å²) >= 11 is 0. The van der Waals surface area contributed by atoms with Gasteiger partial charge in [-0.1, -0.05) is 6.07 Å². The van der Waals surface area contributed by atoms with Crippen molar-refractivity contribution in [2.75, 3.05) is 27.3 Å². The normalized spacial score (nSPS) is 10.6. The Kier molecular flexibility index (Phi) is 6.62. The van der Waals surface area contributed by atoms with Gasteiger partial charge in [-0.25, -0.2) is 0 Å². The highest BCUT2D eigenvalue weighted by molar-refractivity contribution is 6.00. The zero-order valence-electron chi connectivity index (χ0n) is 13.3. The third kappa shape index (κ3) is 5.36. The number of hydrogen-bond donors (Lipinski definition) is 1. The van der Waals surface area contributed by atoms with Crippen molar-refractivity contribution in [3.8, 4) is 17.6 Å². The number of benzene rings is 1. The highest BCUT2D eigenvalue weighted by atomic mass is 16.5. The van der Waals surface area contributed by atoms with Crippen LogP contribution in [0.1, 0.15) is 12.5 Å². The quantitative estimate of drug-likeness (QED) is 0.595. The molecule has 0 aromatic heterocycles. The van der Waals surface area contributed by atoms with Gasteiger partial charge in [0.1, 0.15) is 11.6 Å². The number of ether oxygens (including phenoxy) is 2. The van der Waals surface area contributed by atoms with Crippen LogP contribution in [0, 0.1) is 11.3 Å². The van der Waals surface area contributed by atoms with E-state index in [4.69, 9.17) is 20.5 Å². The third-order valence-electron chi connectivity index (χ3n) is 2.81. The van der Waals surface area contributed by atoms with Gasteiger partial charge in [-0.2, -0.15) is 5.26 Å². The second-order valence-corrected chi connectivity index (χ2v) is 4.75. The molecule has 0 spiro atoms. The number of nitriles is 1. The molecule has 122 valence electrons. The molecule has 0 aliphatic heterocycles. The van der Waals surface area contributed by atoms with Crippen molar-refractivity contribution < 1.29 is 19.1 Å². The number of rotatable bonds is 7. The number of carbonyl (C=O) groups excluding carboxylic acids is 2. The van der Waals surface area contributed by atoms with Crippen molar-refractivity contribution in [2.24, 2.45) is 5.73 Å². The minimum absolute atomic E-state index is 0.118. The van der Waals surface area contributed by atoms with Gasteiger partial charge in [0, 0.05) is 14.1 Å². The Hall–Kier alpha value is -3.01. The monoisotopic (exact) mass is 317 g/mol. The fraction of sp³-hybridized carbons (Fsp3) is 0.312. The topological polar surface area (TPSA) is 106 Å². The molecule has 7 heteroatoms. The predicted octanol–water partition coefficient (Wildman–Crippen LogP) is 0.945. The van der Waals surface area contributed by atoms with E-state index < -0.39 is 5.91 Å². The summed E-state index contributed by atoms with van der Waals surface area (Å²) < 4.78 is 10.9. The van der Waals surface area contributed by atoms with Gasteiger partial charge in [0.15, 0.2) is 18.1 Å². The van der Waals surface area contributed by atoms with Crippen LogP contribution in [0.15, 0.2) is 23.8 Å². The Morgan fingerprint density at radius 3 is 2.52 bits per heavy atom. The second-order valence-electron chi connectivity index (χ2n) is 4.75. The first-order valence-electron chi connectivity index (χ1n) is 6.90. The molecule has 1 aromatic rings. The van der Waals surface area contributed by atoms with Crippen LogP contribution in [-0.4, -0.2) is 44.0 Å². The predicted molar refractivity (Wildman–Crippen MR) is 84.6 cm³/mol. The molecule has 0 unspecified atom stereocenters. The lowest BCUT2D eigenvalue weighted by Gasteiger charge is -2.14. The van der Waals surface area contributed by atoms with Crippen molar-refractivity contribution in [1.82, 2.24) is 4.90 Å². The SMILES string of the molecule is CCOc1cc(/C=C(\C#N)C(N)=O)ccc1OCC(=O)N(C)C. The highest BCUT2D eigenvalue weighted by Gasteiger charge is 2.11. The van der Waals surface area contributed by atoms with Gasteiger partial charge in [-0.05, 0) is 30.7 Å². The Morgan fingerprint density at radius 1 is 1.30 bits per heavy atom. The number of hydrogen-bond acceptors (Lipinski definition) is 5. The minimum Gasteiger partial charge on any atom is -0.490 e. The van der Waals surface area contributed by atoms with E-state index in [0.717, 1.165) is 0 Å². The summed E-state index contributed by atoms with van der Waals surface area (Å²) in [6.07, 6.45) is 1.36. The van der Waals surface area contributed by atoms with Crippen LogP contribution < -0.4 is 15.2 Å². The molecule has 2 N–H and O–H groups in total. The summed E-state index contributed by atoms with van der Waals surface area (Å²) in [6, 6.07) is 6.59. The molecule has 0 aliphatic rings. The van der Waals surface area contributed by atoms with Crippen molar-refractivity contribution in [1.29, 1.82) is 5.26 Å². The van der Waals surface area contributed by atoms with E-state index in [1.54, 1.807) is 45.3 Å². The molecule has 23 heavy (non-hydrogen) atoms. The Bertz CT molecular complexity index is 660. The van der Waals surface area contributed by atoms with Gasteiger partial charge in [-0.15, -0.1) is 0 Å². The van der Waals surface area contributed by atoms with Crippen LogP contribution in [0.3, 0.4) is 0 Å². The summed E-state index contributed by atoms with van der Waals surface area (Å²) in [5.41, 5.74) is 5.51. The van der Waals surface area contributed by atoms with Crippen molar-refractivity contribution >= 4 is 17.9 Å². The Morgan fingerprint density at radius 2 is 2.00 bits per heavy atom. The number of likely N-dealkylation sites (N-methyl/N-ethyl adjacent to an activating group) is 1. The van der Waals surface area contributed by atoms with Crippen LogP contribution in [0.25, 0.3) is 6.08 Å². The average molecular weight is 317 g/mol. The largest absolute Gasteiger partial charge is 0.490 e. The van der Waals surface area contributed by atoms with E-state index in [2.05, 4.69) is 0 Å². The molecule has 0 bridgehead atoms. The maximum atomic E-state index is 11.6. The van der Waals surface area contributed by atoms with Gasteiger partial charge in [-0.3, -0.25) is 9.59 Å². The molecule has 0 heterocycles. The lowest BCUT2D eigenvalue weighted by molar-refractivity contribution is -0.130. The second kappa shape index (κ2) is 8.44. The number of nitrogens with two attached hydrogens (primary N) is 1. The van der Waals surface area contributed by atoms with Crippen molar-refractivity contribution in [3.05, 3.63) is 29.3 Å². The summed E-state index contributed by atoms with van der Waals surface area (Å²) in [5, 5.41) is 8.87. The zero-order chi connectivity index (χ0) is 17.4. The molecule has 7 nitrogen and oxygen atoms in total. The number of primary amides is 1. The fourth-order valence-corrected chi connectivity index (χ4v) is 1.60. The molecule has 0 atom stereocenters. The van der Waals surface area contributed by atoms with E-state index in [9.17, 15) is 9.59 Å². The lowest BCUT2D eigenvalue weighted by Crippen LogP contribution is -2.27. The summed E-state index contributed by atoms with van der Waals surface area (Å²) in [7, 11) is 3.27. The van der Waals surface area contributed by atoms with Gasteiger partial charge in [0.05, 0.1) is 6.61 Å². The fourth-order valence-electron chi connectivity index (χ4n) is 1.60. The number of carbonyl (C=O) groups is 2. The van der Waals surface area contributed by atoms with E-state index >= 15 is 0 Å². The van der Waals surface area contributed by atoms with Crippen LogP contribution in [0.2, 0.25) is 0 Å². The van der Waals surface area contributed by atoms with Crippen molar-refractivity contribution in [2.45, 2.75) is 6.92 Å². The molecule has 2 amide bonds. The molecule has 1 aromatic carbocycles. The molecule has 0 saturated heterocycles. The molecular formula is C16H19N3O4. The highest BCUT2D eigenvalue weighted by Crippen LogP contribution is 2.29. The summed E-state index contributed by atoms with van der Waals surface area (Å²) in [6.45, 7) is 2.08. The Labute approximate surface area is 134 Å². The van der Waals surface area contributed by atoms with E-state index in [0.29, 0.717) is 23.7 Å². The smallest absolute Gasteiger partial charge is 0.259 e. The first kappa shape index (κ1) is 18.0. The maximum absolute atomic E-state index is 11.6. The van der Waals surface area contributed by atoms with Gasteiger partial charge in [0.2, 0.25) is 0 Å².